The van der Waals surface area contributed by atoms with Gasteiger partial charge < -0.3 is 15.2 Å². The van der Waals surface area contributed by atoms with Crippen molar-refractivity contribution in [2.45, 2.75) is 13.5 Å². The van der Waals surface area contributed by atoms with E-state index in [0.29, 0.717) is 0 Å². The van der Waals surface area contributed by atoms with Gasteiger partial charge in [0, 0.05) is 11.6 Å². The number of hydrogen-bond donors (Lipinski definition) is 2. The van der Waals surface area contributed by atoms with Gasteiger partial charge >= 0.3 is 6.03 Å². The molecule has 3 amide bonds. The normalized spacial score (nSPS) is 15.0. The quantitative estimate of drug-likeness (QED) is 0.342. The topological polar surface area (TPSA) is 122 Å². The van der Waals surface area contributed by atoms with Crippen LogP contribution in [0.25, 0.3) is 6.08 Å². The Morgan fingerprint density at radius 1 is 1.25 bits per heavy atom. The Labute approximate surface area is 160 Å². The summed E-state index contributed by atoms with van der Waals surface area (Å²) in [6, 6.07) is 10.5. The number of amides is 3. The zero-order valence-corrected chi connectivity index (χ0v) is 14.9. The van der Waals surface area contributed by atoms with Crippen LogP contribution in [0.5, 0.6) is 11.5 Å². The number of nitro benzene ring substituents is 1. The Balaban J connectivity index is 1.94. The number of nitro groups is 1. The number of benzene rings is 2. The van der Waals surface area contributed by atoms with Gasteiger partial charge in [-0.2, -0.15) is 0 Å². The van der Waals surface area contributed by atoms with E-state index < -0.39 is 16.9 Å². The van der Waals surface area contributed by atoms with Crippen LogP contribution in [0, 0.1) is 10.1 Å². The SMILES string of the molecule is CCOc1cc([N+](=O)[O-])cc(/C=C2/NC(=O)N(Cc3ccccc3)C2=O)c1O. The summed E-state index contributed by atoms with van der Waals surface area (Å²) in [5.74, 6) is -1.04. The Kier molecular flexibility index (Phi) is 5.25. The van der Waals surface area contributed by atoms with E-state index in [1.54, 1.807) is 31.2 Å². The van der Waals surface area contributed by atoms with Crippen LogP contribution in [0.2, 0.25) is 0 Å². The number of nitrogens with one attached hydrogen (secondary N) is 1. The van der Waals surface area contributed by atoms with E-state index in [1.807, 2.05) is 6.07 Å². The molecule has 0 aliphatic carbocycles. The molecule has 2 N–H and O–H groups in total. The Hall–Kier alpha value is -3.88. The van der Waals surface area contributed by atoms with Crippen LogP contribution in [-0.4, -0.2) is 33.5 Å². The van der Waals surface area contributed by atoms with Crippen molar-refractivity contribution in [3.05, 3.63) is 69.4 Å². The Bertz CT molecular complexity index is 971. The minimum Gasteiger partial charge on any atom is -0.504 e. The monoisotopic (exact) mass is 383 g/mol. The highest BCUT2D eigenvalue weighted by atomic mass is 16.6. The third-order valence-electron chi connectivity index (χ3n) is 4.05. The summed E-state index contributed by atoms with van der Waals surface area (Å²) in [7, 11) is 0. The van der Waals surface area contributed by atoms with Crippen molar-refractivity contribution >= 4 is 23.7 Å². The molecule has 0 spiro atoms. The highest BCUT2D eigenvalue weighted by Crippen LogP contribution is 2.36. The van der Waals surface area contributed by atoms with Crippen molar-refractivity contribution in [1.29, 1.82) is 0 Å². The number of hydrogen-bond acceptors (Lipinski definition) is 6. The van der Waals surface area contributed by atoms with Gasteiger partial charge in [0.2, 0.25) is 0 Å². The van der Waals surface area contributed by atoms with Crippen molar-refractivity contribution < 1.29 is 24.4 Å². The molecule has 0 atom stereocenters. The van der Waals surface area contributed by atoms with Crippen molar-refractivity contribution in [2.75, 3.05) is 6.61 Å². The maximum atomic E-state index is 12.6. The first-order valence-corrected chi connectivity index (χ1v) is 8.43. The number of imide groups is 1. The number of ether oxygens (including phenoxy) is 1. The molecule has 1 heterocycles. The fraction of sp³-hybridized carbons (Fsp3) is 0.158. The van der Waals surface area contributed by atoms with Gasteiger partial charge in [-0.3, -0.25) is 19.8 Å². The number of phenols is 1. The zero-order valence-electron chi connectivity index (χ0n) is 14.9. The molecule has 144 valence electrons. The van der Waals surface area contributed by atoms with E-state index in [-0.39, 0.29) is 41.6 Å². The van der Waals surface area contributed by atoms with Crippen LogP contribution in [0.1, 0.15) is 18.1 Å². The molecule has 3 rings (SSSR count). The number of nitrogens with zero attached hydrogens (tertiary/aromatic N) is 2. The average Bonchev–Trinajstić information content (AvgIpc) is 2.93. The maximum Gasteiger partial charge on any atom is 0.329 e. The number of phenolic OH excluding ortho intramolecular Hbond substituents is 1. The first-order chi connectivity index (χ1) is 13.4. The third kappa shape index (κ3) is 3.78. The number of carbonyl (C=O) groups excluding carboxylic acids is 2. The summed E-state index contributed by atoms with van der Waals surface area (Å²) in [5.41, 5.74) is 0.345. The van der Waals surface area contributed by atoms with Gasteiger partial charge in [-0.05, 0) is 18.6 Å². The second-order valence-electron chi connectivity index (χ2n) is 5.94. The number of rotatable bonds is 6. The minimum atomic E-state index is -0.638. The molecular weight excluding hydrogens is 366 g/mol. The van der Waals surface area contributed by atoms with Crippen molar-refractivity contribution in [2.24, 2.45) is 0 Å². The molecule has 28 heavy (non-hydrogen) atoms. The van der Waals surface area contributed by atoms with Crippen molar-refractivity contribution in [3.63, 3.8) is 0 Å². The molecule has 9 nitrogen and oxygen atoms in total. The summed E-state index contributed by atoms with van der Waals surface area (Å²) in [5, 5.41) is 23.9. The van der Waals surface area contributed by atoms with Gasteiger partial charge in [0.25, 0.3) is 11.6 Å². The molecule has 0 radical (unpaired) electrons. The van der Waals surface area contributed by atoms with Crippen LogP contribution in [0.4, 0.5) is 10.5 Å². The van der Waals surface area contributed by atoms with Gasteiger partial charge in [-0.15, -0.1) is 0 Å². The summed E-state index contributed by atoms with van der Waals surface area (Å²) in [6.45, 7) is 1.93. The molecule has 0 unspecified atom stereocenters. The molecule has 1 aliphatic heterocycles. The summed E-state index contributed by atoms with van der Waals surface area (Å²) < 4.78 is 5.21. The lowest BCUT2D eigenvalue weighted by molar-refractivity contribution is -0.385. The van der Waals surface area contributed by atoms with Gasteiger partial charge in [0.05, 0.1) is 24.1 Å². The lowest BCUT2D eigenvalue weighted by atomic mass is 10.1. The average molecular weight is 383 g/mol. The highest BCUT2D eigenvalue weighted by Gasteiger charge is 2.34. The lowest BCUT2D eigenvalue weighted by Crippen LogP contribution is -2.30. The molecule has 0 aromatic heterocycles. The number of urea groups is 1. The molecule has 9 heteroatoms. The van der Waals surface area contributed by atoms with Crippen molar-refractivity contribution in [3.8, 4) is 11.5 Å². The summed E-state index contributed by atoms with van der Waals surface area (Å²) in [6.07, 6.45) is 1.19. The van der Waals surface area contributed by atoms with Gasteiger partial charge in [-0.25, -0.2) is 4.79 Å². The van der Waals surface area contributed by atoms with Crippen LogP contribution in [0.15, 0.2) is 48.2 Å². The molecular formula is C19H17N3O6. The van der Waals surface area contributed by atoms with Crippen LogP contribution < -0.4 is 10.1 Å². The standard InChI is InChI=1S/C19H17N3O6/c1-2-28-16-10-14(22(26)27)8-13(17(16)23)9-15-18(24)21(19(25)20-15)11-12-6-4-3-5-7-12/h3-10,23H,2,11H2,1H3,(H,20,25)/b15-9+. The summed E-state index contributed by atoms with van der Waals surface area (Å²) in [4.78, 5) is 36.3. The lowest BCUT2D eigenvalue weighted by Gasteiger charge is -2.11. The fourth-order valence-electron chi connectivity index (χ4n) is 2.73. The van der Waals surface area contributed by atoms with Crippen molar-refractivity contribution in [1.82, 2.24) is 10.2 Å². The van der Waals surface area contributed by atoms with E-state index in [4.69, 9.17) is 4.74 Å². The van der Waals surface area contributed by atoms with Gasteiger partial charge in [0.1, 0.15) is 5.70 Å². The second kappa shape index (κ2) is 7.78. The third-order valence-corrected chi connectivity index (χ3v) is 4.05. The van der Waals surface area contributed by atoms with E-state index in [0.717, 1.165) is 22.6 Å². The largest absolute Gasteiger partial charge is 0.504 e. The molecule has 1 saturated heterocycles. The van der Waals surface area contributed by atoms with E-state index in [1.165, 1.54) is 6.08 Å². The Morgan fingerprint density at radius 3 is 2.61 bits per heavy atom. The molecule has 1 aliphatic rings. The number of non-ortho nitro benzene ring substituents is 1. The molecule has 1 fully saturated rings. The summed E-state index contributed by atoms with van der Waals surface area (Å²) >= 11 is 0. The predicted molar refractivity (Wildman–Crippen MR) is 99.4 cm³/mol. The smallest absolute Gasteiger partial charge is 0.329 e. The highest BCUT2D eigenvalue weighted by molar-refractivity contribution is 6.14. The predicted octanol–water partition coefficient (Wildman–Crippen LogP) is 2.79. The van der Waals surface area contributed by atoms with Crippen LogP contribution >= 0.6 is 0 Å². The van der Waals surface area contributed by atoms with Gasteiger partial charge in [-0.1, -0.05) is 30.3 Å². The van der Waals surface area contributed by atoms with E-state index >= 15 is 0 Å². The molecule has 0 bridgehead atoms. The number of aromatic hydroxyl groups is 1. The first-order valence-electron chi connectivity index (χ1n) is 8.43. The molecule has 0 saturated carbocycles. The van der Waals surface area contributed by atoms with Crippen LogP contribution in [-0.2, 0) is 11.3 Å². The zero-order chi connectivity index (χ0) is 20.3. The fourth-order valence-corrected chi connectivity index (χ4v) is 2.73. The van der Waals surface area contributed by atoms with Gasteiger partial charge in [0.15, 0.2) is 11.5 Å². The maximum absolute atomic E-state index is 12.6. The molecule has 2 aromatic rings. The second-order valence-corrected chi connectivity index (χ2v) is 5.94. The first kappa shape index (κ1) is 18.9. The van der Waals surface area contributed by atoms with E-state index in [9.17, 15) is 24.8 Å². The number of carbonyl (C=O) groups is 2. The Morgan fingerprint density at radius 2 is 1.96 bits per heavy atom. The van der Waals surface area contributed by atoms with Crippen LogP contribution in [0.3, 0.4) is 0 Å². The minimum absolute atomic E-state index is 0.0112. The molecule has 2 aromatic carbocycles. The van der Waals surface area contributed by atoms with E-state index in [2.05, 4.69) is 5.32 Å².